The number of carbonyl (C=O) groups excluding carboxylic acids is 1. The molecule has 3 heterocycles. The van der Waals surface area contributed by atoms with Gasteiger partial charge in [-0.25, -0.2) is 15.0 Å². The van der Waals surface area contributed by atoms with E-state index in [0.29, 0.717) is 0 Å². The summed E-state index contributed by atoms with van der Waals surface area (Å²) in [6.07, 6.45) is 5.31. The first-order chi connectivity index (χ1) is 10.4. The second-order valence-electron chi connectivity index (χ2n) is 6.65. The van der Waals surface area contributed by atoms with Crippen molar-refractivity contribution in [2.45, 2.75) is 52.1 Å². The number of carbonyl (C=O) groups is 1. The maximum Gasteiger partial charge on any atom is 0.322 e. The fourth-order valence-corrected chi connectivity index (χ4v) is 2.68. The SMILES string of the molecule is CC(=O)ON1CCC[C@H]1n1cnc2cnc(C(C)(C)C)nc21. The number of hydrogen-bond donors (Lipinski definition) is 0. The Morgan fingerprint density at radius 1 is 1.36 bits per heavy atom. The van der Waals surface area contributed by atoms with Gasteiger partial charge in [-0.15, -0.1) is 5.06 Å². The lowest BCUT2D eigenvalue weighted by atomic mass is 9.96. The summed E-state index contributed by atoms with van der Waals surface area (Å²) in [5.41, 5.74) is 1.40. The zero-order valence-electron chi connectivity index (χ0n) is 13.4. The molecule has 2 aromatic rings. The molecule has 0 radical (unpaired) electrons. The van der Waals surface area contributed by atoms with Crippen LogP contribution in [0.2, 0.25) is 0 Å². The van der Waals surface area contributed by atoms with Gasteiger partial charge in [0.15, 0.2) is 5.65 Å². The third-order valence-corrected chi connectivity index (χ3v) is 3.73. The molecule has 1 aliphatic rings. The monoisotopic (exact) mass is 303 g/mol. The van der Waals surface area contributed by atoms with Crippen LogP contribution in [0.25, 0.3) is 11.2 Å². The minimum atomic E-state index is -0.304. The summed E-state index contributed by atoms with van der Waals surface area (Å²) in [4.78, 5) is 30.0. The van der Waals surface area contributed by atoms with Crippen LogP contribution in [-0.4, -0.2) is 37.1 Å². The normalized spacial score (nSPS) is 19.7. The number of imidazole rings is 1. The highest BCUT2D eigenvalue weighted by molar-refractivity contribution is 5.69. The van der Waals surface area contributed by atoms with Gasteiger partial charge < -0.3 is 4.84 Å². The number of hydroxylamine groups is 2. The van der Waals surface area contributed by atoms with Crippen LogP contribution in [0.3, 0.4) is 0 Å². The fraction of sp³-hybridized carbons (Fsp3) is 0.600. The molecule has 0 saturated carbocycles. The van der Waals surface area contributed by atoms with E-state index < -0.39 is 0 Å². The summed E-state index contributed by atoms with van der Waals surface area (Å²) in [6, 6.07) is 0. The minimum absolute atomic E-state index is 0.0587. The van der Waals surface area contributed by atoms with Gasteiger partial charge in [-0.1, -0.05) is 20.8 Å². The predicted molar refractivity (Wildman–Crippen MR) is 80.8 cm³/mol. The van der Waals surface area contributed by atoms with Crippen molar-refractivity contribution < 1.29 is 9.63 Å². The lowest BCUT2D eigenvalue weighted by molar-refractivity contribution is -0.199. The van der Waals surface area contributed by atoms with Crippen molar-refractivity contribution >= 4 is 17.1 Å². The van der Waals surface area contributed by atoms with Crippen LogP contribution < -0.4 is 0 Å². The van der Waals surface area contributed by atoms with E-state index in [1.54, 1.807) is 17.6 Å². The molecule has 7 nitrogen and oxygen atoms in total. The van der Waals surface area contributed by atoms with E-state index in [9.17, 15) is 4.79 Å². The molecule has 0 aromatic carbocycles. The highest BCUT2D eigenvalue weighted by Crippen LogP contribution is 2.30. The number of hydrogen-bond acceptors (Lipinski definition) is 6. The molecule has 0 amide bonds. The average Bonchev–Trinajstić information content (AvgIpc) is 3.02. The second-order valence-corrected chi connectivity index (χ2v) is 6.65. The van der Waals surface area contributed by atoms with E-state index in [1.807, 2.05) is 4.57 Å². The van der Waals surface area contributed by atoms with E-state index in [4.69, 9.17) is 4.84 Å². The molecule has 1 saturated heterocycles. The smallest absolute Gasteiger partial charge is 0.322 e. The first kappa shape index (κ1) is 14.9. The van der Waals surface area contributed by atoms with Crippen molar-refractivity contribution in [2.75, 3.05) is 6.54 Å². The highest BCUT2D eigenvalue weighted by Gasteiger charge is 2.30. The van der Waals surface area contributed by atoms with Crippen molar-refractivity contribution in [2.24, 2.45) is 0 Å². The molecule has 22 heavy (non-hydrogen) atoms. The van der Waals surface area contributed by atoms with Crippen LogP contribution >= 0.6 is 0 Å². The van der Waals surface area contributed by atoms with Gasteiger partial charge in [0.05, 0.1) is 12.5 Å². The maximum absolute atomic E-state index is 11.2. The third kappa shape index (κ3) is 2.68. The van der Waals surface area contributed by atoms with Gasteiger partial charge in [0.2, 0.25) is 0 Å². The summed E-state index contributed by atoms with van der Waals surface area (Å²) in [5.74, 6) is 0.472. The zero-order chi connectivity index (χ0) is 15.9. The Labute approximate surface area is 129 Å². The summed E-state index contributed by atoms with van der Waals surface area (Å²) >= 11 is 0. The Hall–Kier alpha value is -2.02. The van der Waals surface area contributed by atoms with Crippen molar-refractivity contribution in [1.29, 1.82) is 0 Å². The Bertz CT molecular complexity index is 704. The molecule has 3 rings (SSSR count). The fourth-order valence-electron chi connectivity index (χ4n) is 2.68. The van der Waals surface area contributed by atoms with E-state index in [0.717, 1.165) is 36.4 Å². The van der Waals surface area contributed by atoms with Crippen LogP contribution in [0.1, 0.15) is 52.5 Å². The maximum atomic E-state index is 11.2. The summed E-state index contributed by atoms with van der Waals surface area (Å²) in [7, 11) is 0. The van der Waals surface area contributed by atoms with Crippen molar-refractivity contribution in [3.8, 4) is 0 Å². The topological polar surface area (TPSA) is 73.1 Å². The quantitative estimate of drug-likeness (QED) is 0.847. The largest absolute Gasteiger partial charge is 0.366 e. The van der Waals surface area contributed by atoms with Crippen molar-refractivity contribution in [1.82, 2.24) is 24.6 Å². The van der Waals surface area contributed by atoms with E-state index in [-0.39, 0.29) is 17.6 Å². The first-order valence-corrected chi connectivity index (χ1v) is 7.51. The number of fused-ring (bicyclic) bond motifs is 1. The minimum Gasteiger partial charge on any atom is -0.366 e. The molecular weight excluding hydrogens is 282 g/mol. The summed E-state index contributed by atoms with van der Waals surface area (Å²) < 4.78 is 1.97. The second kappa shape index (κ2) is 5.31. The first-order valence-electron chi connectivity index (χ1n) is 7.51. The van der Waals surface area contributed by atoms with Gasteiger partial charge >= 0.3 is 5.97 Å². The van der Waals surface area contributed by atoms with E-state index in [2.05, 4.69) is 35.7 Å². The van der Waals surface area contributed by atoms with Crippen LogP contribution in [-0.2, 0) is 15.0 Å². The van der Waals surface area contributed by atoms with Gasteiger partial charge in [-0.3, -0.25) is 9.36 Å². The lowest BCUT2D eigenvalue weighted by Crippen LogP contribution is -2.29. The summed E-state index contributed by atoms with van der Waals surface area (Å²) in [6.45, 7) is 8.38. The molecule has 0 spiro atoms. The van der Waals surface area contributed by atoms with Crippen molar-refractivity contribution in [3.63, 3.8) is 0 Å². The number of nitrogens with zero attached hydrogens (tertiary/aromatic N) is 5. The van der Waals surface area contributed by atoms with Gasteiger partial charge in [0.25, 0.3) is 0 Å². The van der Waals surface area contributed by atoms with Crippen LogP contribution in [0.4, 0.5) is 0 Å². The Morgan fingerprint density at radius 2 is 2.14 bits per heavy atom. The molecule has 2 aromatic heterocycles. The Balaban J connectivity index is 2.01. The molecule has 0 bridgehead atoms. The van der Waals surface area contributed by atoms with Gasteiger partial charge in [0.1, 0.15) is 17.5 Å². The van der Waals surface area contributed by atoms with Crippen LogP contribution in [0, 0.1) is 0 Å². The predicted octanol–water partition coefficient (Wildman–Crippen LogP) is 2.20. The zero-order valence-corrected chi connectivity index (χ0v) is 13.4. The molecule has 0 aliphatic carbocycles. The number of rotatable bonds is 2. The van der Waals surface area contributed by atoms with Gasteiger partial charge in [0, 0.05) is 18.9 Å². The third-order valence-electron chi connectivity index (χ3n) is 3.73. The van der Waals surface area contributed by atoms with E-state index >= 15 is 0 Å². The lowest BCUT2D eigenvalue weighted by Gasteiger charge is -2.24. The van der Waals surface area contributed by atoms with Crippen molar-refractivity contribution in [3.05, 3.63) is 18.3 Å². The molecule has 1 aliphatic heterocycles. The highest BCUT2D eigenvalue weighted by atomic mass is 16.7. The molecule has 0 N–H and O–H groups in total. The standard InChI is InChI=1S/C15H21N5O2/c1-10(21)22-20-7-5-6-12(20)19-9-17-11-8-16-14(15(2,3)4)18-13(11)19/h8-9,12H,5-7H2,1-4H3/t12-/m0/s1. The molecule has 0 unspecified atom stereocenters. The molecule has 1 atom stereocenters. The molecular formula is C15H21N5O2. The average molecular weight is 303 g/mol. The molecule has 118 valence electrons. The van der Waals surface area contributed by atoms with E-state index in [1.165, 1.54) is 6.92 Å². The molecule has 7 heteroatoms. The van der Waals surface area contributed by atoms with Crippen LogP contribution in [0.5, 0.6) is 0 Å². The van der Waals surface area contributed by atoms with Crippen LogP contribution in [0.15, 0.2) is 12.5 Å². The molecule has 1 fully saturated rings. The Morgan fingerprint density at radius 3 is 2.82 bits per heavy atom. The van der Waals surface area contributed by atoms with Gasteiger partial charge in [-0.05, 0) is 12.8 Å². The number of aromatic nitrogens is 4. The Kier molecular flexibility index (Phi) is 3.60. The van der Waals surface area contributed by atoms with Gasteiger partial charge in [-0.2, -0.15) is 0 Å². The summed E-state index contributed by atoms with van der Waals surface area (Å²) in [5, 5.41) is 1.71.